The molecule has 1 unspecified atom stereocenters. The summed E-state index contributed by atoms with van der Waals surface area (Å²) < 4.78 is 11.6. The van der Waals surface area contributed by atoms with E-state index in [2.05, 4.69) is 0 Å². The Labute approximate surface area is 49.1 Å². The lowest BCUT2D eigenvalue weighted by Gasteiger charge is -1.96. The zero-order valence-corrected chi connectivity index (χ0v) is 5.02. The summed E-state index contributed by atoms with van der Waals surface area (Å²) in [4.78, 5) is 0. The highest BCUT2D eigenvalue weighted by Gasteiger charge is 2.02. The van der Waals surface area contributed by atoms with E-state index in [1.807, 2.05) is 13.0 Å². The first-order valence-corrected chi connectivity index (χ1v) is 2.80. The molecule has 0 spiro atoms. The van der Waals surface area contributed by atoms with Crippen LogP contribution in [0.1, 0.15) is 19.8 Å². The van der Waals surface area contributed by atoms with Crippen molar-refractivity contribution in [2.45, 2.75) is 19.8 Å². The summed E-state index contributed by atoms with van der Waals surface area (Å²) in [5, 5.41) is 8.17. The summed E-state index contributed by atoms with van der Waals surface area (Å²) in [6.07, 6.45) is 1.58. The van der Waals surface area contributed by atoms with Crippen molar-refractivity contribution in [2.75, 3.05) is 6.67 Å². The largest absolute Gasteiger partial charge is 0.250 e. The maximum atomic E-state index is 11.6. The molecule has 0 aromatic heterocycles. The minimum atomic E-state index is -0.496. The zero-order valence-electron chi connectivity index (χ0n) is 5.02. The molecule has 0 aliphatic carbocycles. The first-order chi connectivity index (χ1) is 3.85. The van der Waals surface area contributed by atoms with Gasteiger partial charge in [-0.1, -0.05) is 13.3 Å². The van der Waals surface area contributed by atoms with Gasteiger partial charge in [-0.3, -0.25) is 0 Å². The van der Waals surface area contributed by atoms with Crippen LogP contribution in [0.5, 0.6) is 0 Å². The van der Waals surface area contributed by atoms with Gasteiger partial charge in [0, 0.05) is 0 Å². The van der Waals surface area contributed by atoms with E-state index >= 15 is 0 Å². The Bertz CT molecular complexity index is 85.0. The molecule has 2 heteroatoms. The smallest absolute Gasteiger partial charge is 0.105 e. The Balaban J connectivity index is 3.26. The zero-order chi connectivity index (χ0) is 6.41. The summed E-state index contributed by atoms with van der Waals surface area (Å²) in [7, 11) is 0. The van der Waals surface area contributed by atoms with E-state index in [1.165, 1.54) is 0 Å². The molecule has 0 saturated carbocycles. The molecule has 1 atom stereocenters. The molecule has 0 aromatic rings. The fourth-order valence-corrected chi connectivity index (χ4v) is 0.525. The number of hydrogen-bond donors (Lipinski definition) is 0. The minimum Gasteiger partial charge on any atom is -0.250 e. The average Bonchev–Trinajstić information content (AvgIpc) is 1.83. The van der Waals surface area contributed by atoms with E-state index in [-0.39, 0.29) is 5.92 Å². The molecule has 0 fully saturated rings. The Morgan fingerprint density at radius 3 is 2.50 bits per heavy atom. The first kappa shape index (κ1) is 7.42. The van der Waals surface area contributed by atoms with E-state index in [0.29, 0.717) is 6.42 Å². The molecule has 0 rings (SSSR count). The number of nitrogens with zero attached hydrogens (tertiary/aromatic N) is 1. The SMILES string of the molecule is CCCC(C#N)CF. The second-order valence-electron chi connectivity index (χ2n) is 1.77. The first-order valence-electron chi connectivity index (χ1n) is 2.80. The summed E-state index contributed by atoms with van der Waals surface area (Å²) >= 11 is 0. The van der Waals surface area contributed by atoms with Crippen LogP contribution in [0.4, 0.5) is 4.39 Å². The van der Waals surface area contributed by atoms with Crippen molar-refractivity contribution in [2.24, 2.45) is 5.92 Å². The normalized spacial score (nSPS) is 12.6. The molecule has 46 valence electrons. The van der Waals surface area contributed by atoms with Crippen molar-refractivity contribution in [1.82, 2.24) is 0 Å². The van der Waals surface area contributed by atoms with Gasteiger partial charge in [-0.15, -0.1) is 0 Å². The van der Waals surface area contributed by atoms with Gasteiger partial charge >= 0.3 is 0 Å². The average molecular weight is 115 g/mol. The Morgan fingerprint density at radius 1 is 1.75 bits per heavy atom. The highest BCUT2D eigenvalue weighted by Crippen LogP contribution is 2.03. The molecule has 0 N–H and O–H groups in total. The van der Waals surface area contributed by atoms with Crippen molar-refractivity contribution < 1.29 is 4.39 Å². The summed E-state index contributed by atoms with van der Waals surface area (Å²) in [6.45, 7) is 1.45. The molecule has 0 bridgehead atoms. The predicted octanol–water partition coefficient (Wildman–Crippen LogP) is 1.90. The van der Waals surface area contributed by atoms with Crippen LogP contribution in [-0.2, 0) is 0 Å². The highest BCUT2D eigenvalue weighted by atomic mass is 19.1. The lowest BCUT2D eigenvalue weighted by molar-refractivity contribution is 0.399. The van der Waals surface area contributed by atoms with Gasteiger partial charge in [-0.25, -0.2) is 4.39 Å². The van der Waals surface area contributed by atoms with E-state index < -0.39 is 6.67 Å². The molecule has 0 amide bonds. The van der Waals surface area contributed by atoms with Crippen LogP contribution in [-0.4, -0.2) is 6.67 Å². The van der Waals surface area contributed by atoms with Crippen molar-refractivity contribution >= 4 is 0 Å². The van der Waals surface area contributed by atoms with Crippen LogP contribution in [0.3, 0.4) is 0 Å². The number of nitriles is 1. The molecule has 0 aliphatic rings. The van der Waals surface area contributed by atoms with Crippen molar-refractivity contribution in [1.29, 1.82) is 5.26 Å². The van der Waals surface area contributed by atoms with E-state index in [0.717, 1.165) is 6.42 Å². The number of alkyl halides is 1. The molecule has 0 saturated heterocycles. The number of rotatable bonds is 3. The molecular weight excluding hydrogens is 105 g/mol. The van der Waals surface area contributed by atoms with Crippen molar-refractivity contribution in [3.8, 4) is 6.07 Å². The topological polar surface area (TPSA) is 23.8 Å². The molecule has 1 nitrogen and oxygen atoms in total. The van der Waals surface area contributed by atoms with Gasteiger partial charge in [0.05, 0.1) is 12.0 Å². The molecule has 0 heterocycles. The van der Waals surface area contributed by atoms with Gasteiger partial charge in [0.1, 0.15) is 6.67 Å². The third kappa shape index (κ3) is 2.57. The second kappa shape index (κ2) is 4.58. The fourth-order valence-electron chi connectivity index (χ4n) is 0.525. The highest BCUT2D eigenvalue weighted by molar-refractivity contribution is 4.81. The maximum absolute atomic E-state index is 11.6. The Kier molecular flexibility index (Phi) is 4.24. The second-order valence-corrected chi connectivity index (χ2v) is 1.77. The summed E-state index contributed by atoms with van der Waals surface area (Å²) in [6, 6.07) is 1.88. The van der Waals surface area contributed by atoms with Crippen LogP contribution >= 0.6 is 0 Å². The quantitative estimate of drug-likeness (QED) is 0.551. The van der Waals surface area contributed by atoms with Crippen LogP contribution < -0.4 is 0 Å². The van der Waals surface area contributed by atoms with Crippen LogP contribution in [0, 0.1) is 17.2 Å². The standard InChI is InChI=1S/C6H10FN/c1-2-3-6(4-7)5-8/h6H,2-4H2,1H3. The Hall–Kier alpha value is -0.580. The van der Waals surface area contributed by atoms with Gasteiger partial charge in [0.2, 0.25) is 0 Å². The van der Waals surface area contributed by atoms with Crippen molar-refractivity contribution in [3.63, 3.8) is 0 Å². The molecule has 0 aliphatic heterocycles. The van der Waals surface area contributed by atoms with E-state index in [1.54, 1.807) is 0 Å². The fraction of sp³-hybridized carbons (Fsp3) is 0.833. The lowest BCUT2D eigenvalue weighted by atomic mass is 10.1. The molecular formula is C6H10FN. The van der Waals surface area contributed by atoms with Crippen LogP contribution in [0.15, 0.2) is 0 Å². The predicted molar refractivity (Wildman–Crippen MR) is 30.0 cm³/mol. The molecule has 0 aromatic carbocycles. The minimum absolute atomic E-state index is 0.361. The van der Waals surface area contributed by atoms with Crippen LogP contribution in [0.2, 0.25) is 0 Å². The van der Waals surface area contributed by atoms with Gasteiger partial charge in [0.15, 0.2) is 0 Å². The maximum Gasteiger partial charge on any atom is 0.105 e. The van der Waals surface area contributed by atoms with Crippen LogP contribution in [0.25, 0.3) is 0 Å². The van der Waals surface area contributed by atoms with Gasteiger partial charge < -0.3 is 0 Å². The lowest BCUT2D eigenvalue weighted by Crippen LogP contribution is -1.97. The third-order valence-corrected chi connectivity index (χ3v) is 1.01. The Morgan fingerprint density at radius 2 is 2.38 bits per heavy atom. The molecule has 0 radical (unpaired) electrons. The van der Waals surface area contributed by atoms with E-state index in [9.17, 15) is 4.39 Å². The monoisotopic (exact) mass is 115 g/mol. The number of halogens is 1. The summed E-state index contributed by atoms with van der Waals surface area (Å²) in [5.74, 6) is -0.361. The third-order valence-electron chi connectivity index (χ3n) is 1.01. The van der Waals surface area contributed by atoms with Gasteiger partial charge in [0.25, 0.3) is 0 Å². The van der Waals surface area contributed by atoms with Crippen molar-refractivity contribution in [3.05, 3.63) is 0 Å². The number of hydrogen-bond acceptors (Lipinski definition) is 1. The summed E-state index contributed by atoms with van der Waals surface area (Å²) in [5.41, 5.74) is 0. The van der Waals surface area contributed by atoms with E-state index in [4.69, 9.17) is 5.26 Å². The van der Waals surface area contributed by atoms with Gasteiger partial charge in [-0.05, 0) is 6.42 Å². The molecule has 8 heavy (non-hydrogen) atoms. The van der Waals surface area contributed by atoms with Gasteiger partial charge in [-0.2, -0.15) is 5.26 Å².